The van der Waals surface area contributed by atoms with E-state index in [1.807, 2.05) is 0 Å². The summed E-state index contributed by atoms with van der Waals surface area (Å²) in [5, 5.41) is 4.43. The number of thiazole rings is 1. The van der Waals surface area contributed by atoms with Crippen molar-refractivity contribution >= 4 is 34.3 Å². The lowest BCUT2D eigenvalue weighted by Gasteiger charge is -2.03. The third-order valence-electron chi connectivity index (χ3n) is 2.06. The van der Waals surface area contributed by atoms with Crippen molar-refractivity contribution in [3.05, 3.63) is 11.1 Å². The van der Waals surface area contributed by atoms with Crippen LogP contribution in [0.2, 0.25) is 0 Å². The van der Waals surface area contributed by atoms with Crippen LogP contribution in [0.15, 0.2) is 5.38 Å². The van der Waals surface area contributed by atoms with Gasteiger partial charge < -0.3 is 14.2 Å². The van der Waals surface area contributed by atoms with Gasteiger partial charge in [-0.3, -0.25) is 14.9 Å². The van der Waals surface area contributed by atoms with E-state index in [1.165, 1.54) is 18.4 Å². The van der Waals surface area contributed by atoms with Crippen molar-refractivity contribution in [1.29, 1.82) is 0 Å². The van der Waals surface area contributed by atoms with Crippen molar-refractivity contribution in [2.24, 2.45) is 0 Å². The molecule has 1 heterocycles. The van der Waals surface area contributed by atoms with Gasteiger partial charge in [-0.05, 0) is 6.92 Å². The first-order chi connectivity index (χ1) is 10.0. The molecule has 1 aromatic heterocycles. The van der Waals surface area contributed by atoms with Crippen LogP contribution in [-0.2, 0) is 35.0 Å². The number of rotatable bonds is 8. The monoisotopic (exact) mass is 316 g/mol. The van der Waals surface area contributed by atoms with Crippen molar-refractivity contribution in [2.75, 3.05) is 32.2 Å². The molecule has 0 aromatic carbocycles. The van der Waals surface area contributed by atoms with E-state index >= 15 is 0 Å². The van der Waals surface area contributed by atoms with Gasteiger partial charge in [-0.25, -0.2) is 9.78 Å². The summed E-state index contributed by atoms with van der Waals surface area (Å²) >= 11 is 1.17. The second-order valence-electron chi connectivity index (χ2n) is 3.77. The zero-order chi connectivity index (χ0) is 15.7. The van der Waals surface area contributed by atoms with Crippen LogP contribution in [0.25, 0.3) is 0 Å². The Kier molecular flexibility index (Phi) is 7.33. The number of aromatic nitrogens is 1. The van der Waals surface area contributed by atoms with Gasteiger partial charge in [0.15, 0.2) is 11.7 Å². The summed E-state index contributed by atoms with van der Waals surface area (Å²) < 4.78 is 14.0. The normalized spacial score (nSPS) is 10.0. The molecular formula is C12H16N2O6S. The average Bonchev–Trinajstić information content (AvgIpc) is 2.84. The highest BCUT2D eigenvalue weighted by Gasteiger charge is 2.12. The minimum Gasteiger partial charge on any atom is -0.466 e. The second kappa shape index (κ2) is 9.03. The molecule has 0 atom stereocenters. The topological polar surface area (TPSA) is 104 Å². The van der Waals surface area contributed by atoms with Gasteiger partial charge >= 0.3 is 11.9 Å². The highest BCUT2D eigenvalue weighted by Crippen LogP contribution is 2.16. The van der Waals surface area contributed by atoms with E-state index in [0.29, 0.717) is 17.4 Å². The maximum Gasteiger partial charge on any atom is 0.332 e. The van der Waals surface area contributed by atoms with E-state index < -0.39 is 18.5 Å². The summed E-state index contributed by atoms with van der Waals surface area (Å²) in [5.74, 6) is -1.53. The molecular weight excluding hydrogens is 300 g/mol. The number of ether oxygens (including phenoxy) is 3. The Labute approximate surface area is 125 Å². The van der Waals surface area contributed by atoms with Gasteiger partial charge in [-0.2, -0.15) is 0 Å². The predicted octanol–water partition coefficient (Wildman–Crippen LogP) is 0.377. The fraction of sp³-hybridized carbons (Fsp3) is 0.500. The quantitative estimate of drug-likeness (QED) is 0.691. The van der Waals surface area contributed by atoms with Gasteiger partial charge in [0.25, 0.3) is 5.91 Å². The van der Waals surface area contributed by atoms with Gasteiger partial charge in [-0.15, -0.1) is 11.3 Å². The molecule has 1 aromatic rings. The second-order valence-corrected chi connectivity index (χ2v) is 4.63. The highest BCUT2D eigenvalue weighted by molar-refractivity contribution is 7.13. The molecule has 0 radical (unpaired) electrons. The lowest BCUT2D eigenvalue weighted by Crippen LogP contribution is -2.22. The minimum atomic E-state index is -0.630. The van der Waals surface area contributed by atoms with Crippen molar-refractivity contribution in [2.45, 2.75) is 13.3 Å². The molecule has 1 amide bonds. The van der Waals surface area contributed by atoms with Crippen molar-refractivity contribution in [3.8, 4) is 0 Å². The Balaban J connectivity index is 2.38. The number of hydrogen-bond donors (Lipinski definition) is 1. The zero-order valence-corrected chi connectivity index (χ0v) is 12.5. The molecule has 0 aliphatic heterocycles. The van der Waals surface area contributed by atoms with Gasteiger partial charge in [-0.1, -0.05) is 0 Å². The van der Waals surface area contributed by atoms with Crippen LogP contribution in [-0.4, -0.2) is 49.8 Å². The van der Waals surface area contributed by atoms with Crippen molar-refractivity contribution in [1.82, 2.24) is 4.98 Å². The largest absolute Gasteiger partial charge is 0.466 e. The molecule has 0 aliphatic carbocycles. The molecule has 1 rings (SSSR count). The molecule has 0 saturated heterocycles. The lowest BCUT2D eigenvalue weighted by molar-refractivity contribution is -0.151. The zero-order valence-electron chi connectivity index (χ0n) is 11.7. The molecule has 0 bridgehead atoms. The number of carbonyl (C=O) groups excluding carboxylic acids is 3. The van der Waals surface area contributed by atoms with Crippen LogP contribution in [0, 0.1) is 0 Å². The van der Waals surface area contributed by atoms with Gasteiger partial charge in [0, 0.05) is 12.5 Å². The fourth-order valence-corrected chi connectivity index (χ4v) is 1.99. The first-order valence-electron chi connectivity index (χ1n) is 6.09. The van der Waals surface area contributed by atoms with E-state index in [4.69, 9.17) is 4.74 Å². The number of anilines is 1. The van der Waals surface area contributed by atoms with Crippen LogP contribution in [0.1, 0.15) is 12.6 Å². The summed E-state index contributed by atoms with van der Waals surface area (Å²) in [7, 11) is 1.35. The Morgan fingerprint density at radius 2 is 2.00 bits per heavy atom. The first kappa shape index (κ1) is 17.1. The summed E-state index contributed by atoms with van der Waals surface area (Å²) in [4.78, 5) is 37.8. The van der Waals surface area contributed by atoms with E-state index in [2.05, 4.69) is 19.8 Å². The van der Waals surface area contributed by atoms with Crippen LogP contribution in [0.3, 0.4) is 0 Å². The first-order valence-corrected chi connectivity index (χ1v) is 6.97. The molecule has 9 heteroatoms. The number of methoxy groups -OCH3 is 1. The predicted molar refractivity (Wildman–Crippen MR) is 73.9 cm³/mol. The van der Waals surface area contributed by atoms with E-state index in [0.717, 1.165) is 0 Å². The Morgan fingerprint density at radius 3 is 2.67 bits per heavy atom. The van der Waals surface area contributed by atoms with E-state index in [9.17, 15) is 14.4 Å². The fourth-order valence-electron chi connectivity index (χ4n) is 1.27. The third-order valence-corrected chi connectivity index (χ3v) is 2.86. The number of esters is 2. The molecule has 0 aliphatic rings. The molecule has 0 spiro atoms. The third kappa shape index (κ3) is 6.82. The van der Waals surface area contributed by atoms with Gasteiger partial charge in [0.2, 0.25) is 0 Å². The summed E-state index contributed by atoms with van der Waals surface area (Å²) in [6, 6.07) is 0. The van der Waals surface area contributed by atoms with E-state index in [-0.39, 0.29) is 19.0 Å². The van der Waals surface area contributed by atoms with Crippen LogP contribution in [0.5, 0.6) is 0 Å². The molecule has 1 N–H and O–H groups in total. The van der Waals surface area contributed by atoms with Gasteiger partial charge in [0.1, 0.15) is 6.61 Å². The molecule has 21 heavy (non-hydrogen) atoms. The summed E-state index contributed by atoms with van der Waals surface area (Å²) in [6.07, 6.45) is 0.0447. The highest BCUT2D eigenvalue weighted by atomic mass is 32.1. The molecule has 0 unspecified atom stereocenters. The lowest BCUT2D eigenvalue weighted by atomic mass is 10.3. The van der Waals surface area contributed by atoms with Crippen molar-refractivity contribution in [3.63, 3.8) is 0 Å². The Morgan fingerprint density at radius 1 is 1.24 bits per heavy atom. The van der Waals surface area contributed by atoms with Crippen LogP contribution >= 0.6 is 11.3 Å². The SMILES string of the molecule is CCOC(=O)Cc1csc(NC(=O)COC(=O)COC)n1. The Hall–Kier alpha value is -2.00. The summed E-state index contributed by atoms with van der Waals surface area (Å²) in [5.41, 5.74) is 0.505. The maximum absolute atomic E-state index is 11.5. The summed E-state index contributed by atoms with van der Waals surface area (Å²) in [6.45, 7) is 1.39. The van der Waals surface area contributed by atoms with E-state index in [1.54, 1.807) is 12.3 Å². The van der Waals surface area contributed by atoms with Crippen molar-refractivity contribution < 1.29 is 28.6 Å². The molecule has 0 fully saturated rings. The Bertz CT molecular complexity index is 502. The van der Waals surface area contributed by atoms with Gasteiger partial charge in [0.05, 0.1) is 18.7 Å². The number of nitrogens with zero attached hydrogens (tertiary/aromatic N) is 1. The number of amides is 1. The van der Waals surface area contributed by atoms with Crippen LogP contribution in [0.4, 0.5) is 5.13 Å². The number of nitrogens with one attached hydrogen (secondary N) is 1. The smallest absolute Gasteiger partial charge is 0.332 e. The average molecular weight is 316 g/mol. The molecule has 116 valence electrons. The molecule has 8 nitrogen and oxygen atoms in total. The maximum atomic E-state index is 11.5. The molecule has 0 saturated carbocycles. The minimum absolute atomic E-state index is 0.0447. The number of carbonyl (C=O) groups is 3. The standard InChI is InChI=1S/C12H16N2O6S/c1-3-19-10(16)4-8-7-21-12(13-8)14-9(15)5-20-11(17)6-18-2/h7H,3-6H2,1-2H3,(H,13,14,15). The van der Waals surface area contributed by atoms with Crippen LogP contribution < -0.4 is 5.32 Å². The number of hydrogen-bond acceptors (Lipinski definition) is 8.